The molecule has 1 aliphatic carbocycles. The zero-order valence-corrected chi connectivity index (χ0v) is 16.1. The van der Waals surface area contributed by atoms with Crippen molar-refractivity contribution in [2.24, 2.45) is 11.8 Å². The summed E-state index contributed by atoms with van der Waals surface area (Å²) in [7, 11) is 0. The molecule has 1 aliphatic rings. The fraction of sp³-hybridized carbons (Fsp3) is 0.800. The second kappa shape index (κ2) is 9.19. The number of nitrogens with zero attached hydrogens (tertiary/aromatic N) is 1. The third-order valence-electron chi connectivity index (χ3n) is 5.53. The van der Waals surface area contributed by atoms with E-state index in [9.17, 15) is 5.11 Å². The third-order valence-corrected chi connectivity index (χ3v) is 6.56. The van der Waals surface area contributed by atoms with Gasteiger partial charge < -0.3 is 10.0 Å². The Morgan fingerprint density at radius 1 is 1.13 bits per heavy atom. The van der Waals surface area contributed by atoms with Gasteiger partial charge in [0.05, 0.1) is 0 Å². The fourth-order valence-corrected chi connectivity index (χ4v) is 5.02. The van der Waals surface area contributed by atoms with E-state index in [1.807, 2.05) is 0 Å². The van der Waals surface area contributed by atoms with Crippen LogP contribution in [0.3, 0.4) is 0 Å². The van der Waals surface area contributed by atoms with Crippen molar-refractivity contribution in [1.29, 1.82) is 0 Å². The van der Waals surface area contributed by atoms with Crippen molar-refractivity contribution in [3.8, 4) is 0 Å². The van der Waals surface area contributed by atoms with E-state index in [-0.39, 0.29) is 0 Å². The third kappa shape index (κ3) is 5.04. The van der Waals surface area contributed by atoms with Crippen molar-refractivity contribution in [2.75, 3.05) is 19.6 Å². The van der Waals surface area contributed by atoms with Crippen molar-refractivity contribution in [3.63, 3.8) is 0 Å². The topological polar surface area (TPSA) is 23.5 Å². The predicted octanol–water partition coefficient (Wildman–Crippen LogP) is 5.27. The highest BCUT2D eigenvalue weighted by atomic mass is 32.1. The van der Waals surface area contributed by atoms with Gasteiger partial charge in [-0.15, -0.1) is 11.3 Å². The van der Waals surface area contributed by atoms with Crippen molar-refractivity contribution in [2.45, 2.75) is 71.3 Å². The molecule has 1 aromatic rings. The zero-order chi connectivity index (χ0) is 16.7. The van der Waals surface area contributed by atoms with Gasteiger partial charge in [0.1, 0.15) is 5.60 Å². The molecule has 132 valence electrons. The minimum Gasteiger partial charge on any atom is -0.384 e. The zero-order valence-electron chi connectivity index (χ0n) is 15.3. The SMILES string of the molecule is CCCN(CCC)CCC(O)(c1cccs1)C1CCC(C)CC1. The van der Waals surface area contributed by atoms with Crippen LogP contribution in [0.1, 0.15) is 70.6 Å². The molecular weight excluding hydrogens is 302 g/mol. The lowest BCUT2D eigenvalue weighted by Crippen LogP contribution is -2.40. The molecule has 1 fully saturated rings. The lowest BCUT2D eigenvalue weighted by atomic mass is 9.72. The highest BCUT2D eigenvalue weighted by Crippen LogP contribution is 2.44. The fourth-order valence-electron chi connectivity index (χ4n) is 4.09. The lowest BCUT2D eigenvalue weighted by molar-refractivity contribution is -0.0530. The molecule has 1 heterocycles. The standard InChI is InChI=1S/C20H35NOS/c1-4-13-21(14-5-2)15-12-20(22,19-7-6-16-23-19)18-10-8-17(3)9-11-18/h6-7,16-18,22H,4-5,8-15H2,1-3H3. The largest absolute Gasteiger partial charge is 0.384 e. The maximum absolute atomic E-state index is 11.7. The first kappa shape index (κ1) is 19.0. The molecule has 0 aromatic carbocycles. The van der Waals surface area contributed by atoms with Gasteiger partial charge in [-0.25, -0.2) is 0 Å². The molecule has 0 bridgehead atoms. The molecule has 2 nitrogen and oxygen atoms in total. The summed E-state index contributed by atoms with van der Waals surface area (Å²) in [4.78, 5) is 3.72. The maximum atomic E-state index is 11.7. The van der Waals surface area contributed by atoms with Crippen LogP contribution in [0, 0.1) is 11.8 Å². The van der Waals surface area contributed by atoms with Gasteiger partial charge >= 0.3 is 0 Å². The summed E-state index contributed by atoms with van der Waals surface area (Å²) in [6, 6.07) is 4.24. The van der Waals surface area contributed by atoms with Gasteiger partial charge in [-0.2, -0.15) is 0 Å². The number of thiophene rings is 1. The summed E-state index contributed by atoms with van der Waals surface area (Å²) in [6.07, 6.45) is 8.16. The van der Waals surface area contributed by atoms with Crippen molar-refractivity contribution < 1.29 is 5.11 Å². The van der Waals surface area contributed by atoms with E-state index in [0.29, 0.717) is 5.92 Å². The Morgan fingerprint density at radius 2 is 1.78 bits per heavy atom. The molecule has 23 heavy (non-hydrogen) atoms. The van der Waals surface area contributed by atoms with Crippen LogP contribution in [0.25, 0.3) is 0 Å². The van der Waals surface area contributed by atoms with Crippen LogP contribution in [-0.2, 0) is 5.60 Å². The molecule has 1 atom stereocenters. The Morgan fingerprint density at radius 3 is 2.30 bits per heavy atom. The highest BCUT2D eigenvalue weighted by molar-refractivity contribution is 7.10. The van der Waals surface area contributed by atoms with Crippen LogP contribution in [-0.4, -0.2) is 29.6 Å². The highest BCUT2D eigenvalue weighted by Gasteiger charge is 2.40. The Hall–Kier alpha value is -0.380. The van der Waals surface area contributed by atoms with Crippen LogP contribution < -0.4 is 0 Å². The van der Waals surface area contributed by atoms with E-state index >= 15 is 0 Å². The quantitative estimate of drug-likeness (QED) is 0.663. The molecule has 0 saturated heterocycles. The normalized spacial score (nSPS) is 24.7. The molecule has 0 aliphatic heterocycles. The Kier molecular flexibility index (Phi) is 7.58. The maximum Gasteiger partial charge on any atom is 0.103 e. The molecular formula is C20H35NOS. The van der Waals surface area contributed by atoms with E-state index in [0.717, 1.165) is 32.0 Å². The van der Waals surface area contributed by atoms with E-state index < -0.39 is 5.60 Å². The summed E-state index contributed by atoms with van der Waals surface area (Å²) < 4.78 is 0. The van der Waals surface area contributed by atoms with Gasteiger partial charge in [-0.05, 0) is 68.5 Å². The molecule has 1 saturated carbocycles. The summed E-state index contributed by atoms with van der Waals surface area (Å²) in [5.41, 5.74) is -0.617. The number of hydrogen-bond donors (Lipinski definition) is 1. The monoisotopic (exact) mass is 337 g/mol. The van der Waals surface area contributed by atoms with Gasteiger partial charge in [0.2, 0.25) is 0 Å². The minimum atomic E-state index is -0.617. The lowest BCUT2D eigenvalue weighted by Gasteiger charge is -2.40. The van der Waals surface area contributed by atoms with Gasteiger partial charge in [-0.3, -0.25) is 0 Å². The van der Waals surface area contributed by atoms with E-state index in [1.165, 1.54) is 43.4 Å². The van der Waals surface area contributed by atoms with Gasteiger partial charge in [0.25, 0.3) is 0 Å². The molecule has 1 N–H and O–H groups in total. The number of aliphatic hydroxyl groups is 1. The molecule has 0 radical (unpaired) electrons. The van der Waals surface area contributed by atoms with Crippen LogP contribution in [0.2, 0.25) is 0 Å². The minimum absolute atomic E-state index is 0.433. The van der Waals surface area contributed by atoms with E-state index in [4.69, 9.17) is 0 Å². The molecule has 2 rings (SSSR count). The smallest absolute Gasteiger partial charge is 0.103 e. The van der Waals surface area contributed by atoms with Crippen LogP contribution in [0.5, 0.6) is 0 Å². The number of rotatable bonds is 9. The average Bonchev–Trinajstić information content (AvgIpc) is 3.08. The van der Waals surface area contributed by atoms with Crippen molar-refractivity contribution in [1.82, 2.24) is 4.90 Å². The molecule has 1 unspecified atom stereocenters. The second-order valence-corrected chi connectivity index (χ2v) is 8.40. The summed E-state index contributed by atoms with van der Waals surface area (Å²) in [5.74, 6) is 1.26. The first-order chi connectivity index (χ1) is 11.1. The predicted molar refractivity (Wildman–Crippen MR) is 101 cm³/mol. The van der Waals surface area contributed by atoms with Crippen LogP contribution in [0.4, 0.5) is 0 Å². The Labute approximate surface area is 146 Å². The van der Waals surface area contributed by atoms with Crippen molar-refractivity contribution >= 4 is 11.3 Å². The number of hydrogen-bond acceptors (Lipinski definition) is 3. The Balaban J connectivity index is 2.08. The second-order valence-electron chi connectivity index (χ2n) is 7.45. The molecule has 1 aromatic heterocycles. The van der Waals surface area contributed by atoms with Gasteiger partial charge in [-0.1, -0.05) is 39.7 Å². The first-order valence-electron chi connectivity index (χ1n) is 9.58. The van der Waals surface area contributed by atoms with E-state index in [2.05, 4.69) is 43.2 Å². The summed E-state index contributed by atoms with van der Waals surface area (Å²) in [5, 5.41) is 13.8. The molecule has 0 amide bonds. The summed E-state index contributed by atoms with van der Waals surface area (Å²) in [6.45, 7) is 10.2. The van der Waals surface area contributed by atoms with Gasteiger partial charge in [0, 0.05) is 11.4 Å². The van der Waals surface area contributed by atoms with Crippen LogP contribution >= 0.6 is 11.3 Å². The van der Waals surface area contributed by atoms with E-state index in [1.54, 1.807) is 11.3 Å². The first-order valence-corrected chi connectivity index (χ1v) is 10.5. The van der Waals surface area contributed by atoms with Crippen LogP contribution in [0.15, 0.2) is 17.5 Å². The summed E-state index contributed by atoms with van der Waals surface area (Å²) >= 11 is 1.73. The molecule has 3 heteroatoms. The van der Waals surface area contributed by atoms with Gasteiger partial charge in [0.15, 0.2) is 0 Å². The van der Waals surface area contributed by atoms with Crippen molar-refractivity contribution in [3.05, 3.63) is 22.4 Å². The Bertz CT molecular complexity index is 419. The molecule has 0 spiro atoms. The average molecular weight is 338 g/mol.